The summed E-state index contributed by atoms with van der Waals surface area (Å²) in [6.45, 7) is 4.64. The van der Waals surface area contributed by atoms with E-state index in [4.69, 9.17) is 0 Å². The van der Waals surface area contributed by atoms with E-state index in [2.05, 4.69) is 13.8 Å². The van der Waals surface area contributed by atoms with Crippen molar-refractivity contribution in [3.8, 4) is 0 Å². The van der Waals surface area contributed by atoms with Crippen molar-refractivity contribution in [2.75, 3.05) is 0 Å². The maximum Gasteiger partial charge on any atom is -0.0298 e. The van der Waals surface area contributed by atoms with E-state index in [1.54, 1.807) is 0 Å². The largest absolute Gasteiger partial charge is 0.0654 e. The van der Waals surface area contributed by atoms with E-state index in [9.17, 15) is 0 Å². The van der Waals surface area contributed by atoms with Crippen LogP contribution in [0.25, 0.3) is 0 Å². The fourth-order valence-electron chi connectivity index (χ4n) is 2.76. The molecule has 0 heterocycles. The molecule has 1 fully saturated rings. The lowest BCUT2D eigenvalue weighted by Crippen LogP contribution is -2.28. The Labute approximate surface area is 84.1 Å². The van der Waals surface area contributed by atoms with Gasteiger partial charge in [-0.15, -0.1) is 0 Å². The molecule has 0 aliphatic heterocycles. The van der Waals surface area contributed by atoms with Gasteiger partial charge in [-0.1, -0.05) is 52.4 Å². The van der Waals surface area contributed by atoms with Crippen molar-refractivity contribution in [3.63, 3.8) is 0 Å². The van der Waals surface area contributed by atoms with Crippen molar-refractivity contribution in [1.29, 1.82) is 0 Å². The third-order valence-corrected chi connectivity index (χ3v) is 3.76. The summed E-state index contributed by atoms with van der Waals surface area (Å²) in [5, 5.41) is 0. The summed E-state index contributed by atoms with van der Waals surface area (Å²) < 4.78 is 0. The Bertz CT molecular complexity index is 122. The fraction of sp³-hybridized carbons (Fsp3) is 1.00. The van der Waals surface area contributed by atoms with Gasteiger partial charge in [0, 0.05) is 0 Å². The van der Waals surface area contributed by atoms with E-state index in [0.717, 1.165) is 5.41 Å². The molecule has 1 saturated carbocycles. The van der Waals surface area contributed by atoms with E-state index >= 15 is 0 Å². The van der Waals surface area contributed by atoms with Crippen LogP contribution in [-0.2, 0) is 0 Å². The molecule has 0 unspecified atom stereocenters. The first kappa shape index (κ1) is 11.1. The van der Waals surface area contributed by atoms with Crippen LogP contribution in [0.1, 0.15) is 78.1 Å². The van der Waals surface area contributed by atoms with Crippen molar-refractivity contribution in [1.82, 2.24) is 0 Å². The molecule has 0 spiro atoms. The summed E-state index contributed by atoms with van der Waals surface area (Å²) >= 11 is 0. The van der Waals surface area contributed by atoms with Crippen molar-refractivity contribution in [3.05, 3.63) is 0 Å². The van der Waals surface area contributed by atoms with E-state index < -0.39 is 0 Å². The molecule has 0 saturated heterocycles. The maximum atomic E-state index is 2.34. The first-order valence-electron chi connectivity index (χ1n) is 6.33. The van der Waals surface area contributed by atoms with Gasteiger partial charge in [0.25, 0.3) is 0 Å². The zero-order valence-corrected chi connectivity index (χ0v) is 9.57. The summed E-state index contributed by atoms with van der Waals surface area (Å²) in [5.41, 5.74) is 0.822. The highest BCUT2D eigenvalue weighted by Gasteiger charge is 2.34. The molecule has 0 aromatic rings. The van der Waals surface area contributed by atoms with Gasteiger partial charge in [0.1, 0.15) is 0 Å². The summed E-state index contributed by atoms with van der Waals surface area (Å²) in [6.07, 6.45) is 14.8. The fourth-order valence-corrected chi connectivity index (χ4v) is 2.76. The van der Waals surface area contributed by atoms with E-state index in [1.807, 2.05) is 0 Å². The third kappa shape index (κ3) is 3.32. The molecular formula is C13H26. The molecule has 0 aromatic carbocycles. The van der Waals surface area contributed by atoms with E-state index in [-0.39, 0.29) is 0 Å². The molecule has 13 heavy (non-hydrogen) atoms. The summed E-state index contributed by atoms with van der Waals surface area (Å²) in [4.78, 5) is 0. The van der Waals surface area contributed by atoms with Crippen LogP contribution in [-0.4, -0.2) is 0 Å². The zero-order chi connectivity index (χ0) is 9.57. The van der Waals surface area contributed by atoms with Gasteiger partial charge in [-0.3, -0.25) is 0 Å². The Hall–Kier alpha value is 0. The minimum atomic E-state index is 0.822. The summed E-state index contributed by atoms with van der Waals surface area (Å²) in [7, 11) is 0. The van der Waals surface area contributed by atoms with E-state index in [0.29, 0.717) is 0 Å². The quantitative estimate of drug-likeness (QED) is 0.490. The van der Waals surface area contributed by atoms with Gasteiger partial charge in [0.2, 0.25) is 0 Å². The Balaban J connectivity index is 2.09. The molecule has 0 heteroatoms. The van der Waals surface area contributed by atoms with Gasteiger partial charge in [-0.05, 0) is 31.1 Å². The van der Waals surface area contributed by atoms with Crippen molar-refractivity contribution in [2.45, 2.75) is 78.1 Å². The molecule has 1 rings (SSSR count). The van der Waals surface area contributed by atoms with Crippen molar-refractivity contribution < 1.29 is 0 Å². The van der Waals surface area contributed by atoms with Crippen molar-refractivity contribution in [2.24, 2.45) is 5.41 Å². The SMILES string of the molecule is CCCCCCC1(CCC)CCC1. The standard InChI is InChI=1S/C13H26/c1-3-5-6-7-10-13(9-4-2)11-8-12-13/h3-12H2,1-2H3. The first-order valence-corrected chi connectivity index (χ1v) is 6.33. The highest BCUT2D eigenvalue weighted by atomic mass is 14.4. The lowest BCUT2D eigenvalue weighted by atomic mass is 9.63. The zero-order valence-electron chi connectivity index (χ0n) is 9.57. The second-order valence-corrected chi connectivity index (χ2v) is 4.91. The van der Waals surface area contributed by atoms with Gasteiger partial charge < -0.3 is 0 Å². The minimum Gasteiger partial charge on any atom is -0.0654 e. The van der Waals surface area contributed by atoms with Crippen LogP contribution in [0.3, 0.4) is 0 Å². The predicted octanol–water partition coefficient (Wildman–Crippen LogP) is 4.93. The van der Waals surface area contributed by atoms with Crippen LogP contribution < -0.4 is 0 Å². The third-order valence-electron chi connectivity index (χ3n) is 3.76. The highest BCUT2D eigenvalue weighted by Crippen LogP contribution is 2.48. The van der Waals surface area contributed by atoms with E-state index in [1.165, 1.54) is 64.2 Å². The molecular weight excluding hydrogens is 156 g/mol. The number of unbranched alkanes of at least 4 members (excludes halogenated alkanes) is 3. The Morgan fingerprint density at radius 2 is 1.62 bits per heavy atom. The van der Waals surface area contributed by atoms with Crippen LogP contribution in [0.15, 0.2) is 0 Å². The monoisotopic (exact) mass is 182 g/mol. The van der Waals surface area contributed by atoms with Gasteiger partial charge in [-0.2, -0.15) is 0 Å². The number of hydrogen-bond acceptors (Lipinski definition) is 0. The second kappa shape index (κ2) is 5.67. The average Bonchev–Trinajstić information content (AvgIpc) is 2.08. The first-order chi connectivity index (χ1) is 6.33. The van der Waals surface area contributed by atoms with Crippen molar-refractivity contribution >= 4 is 0 Å². The average molecular weight is 182 g/mol. The molecule has 0 aromatic heterocycles. The molecule has 0 nitrogen and oxygen atoms in total. The number of hydrogen-bond donors (Lipinski definition) is 0. The molecule has 0 radical (unpaired) electrons. The molecule has 0 atom stereocenters. The van der Waals surface area contributed by atoms with Crippen LogP contribution in [0.2, 0.25) is 0 Å². The maximum absolute atomic E-state index is 2.34. The predicted molar refractivity (Wildman–Crippen MR) is 60.0 cm³/mol. The van der Waals surface area contributed by atoms with Crippen LogP contribution in [0.5, 0.6) is 0 Å². The van der Waals surface area contributed by atoms with Crippen LogP contribution in [0, 0.1) is 5.41 Å². The Morgan fingerprint density at radius 1 is 0.846 bits per heavy atom. The van der Waals surface area contributed by atoms with Crippen LogP contribution in [0.4, 0.5) is 0 Å². The second-order valence-electron chi connectivity index (χ2n) is 4.91. The molecule has 78 valence electrons. The van der Waals surface area contributed by atoms with Gasteiger partial charge >= 0.3 is 0 Å². The molecule has 0 N–H and O–H groups in total. The normalized spacial score (nSPS) is 19.8. The lowest BCUT2D eigenvalue weighted by Gasteiger charge is -2.42. The highest BCUT2D eigenvalue weighted by molar-refractivity contribution is 4.86. The van der Waals surface area contributed by atoms with Gasteiger partial charge in [0.15, 0.2) is 0 Å². The number of rotatable bonds is 7. The minimum absolute atomic E-state index is 0.822. The Kier molecular flexibility index (Phi) is 4.83. The van der Waals surface area contributed by atoms with Crippen LogP contribution >= 0.6 is 0 Å². The molecule has 0 amide bonds. The van der Waals surface area contributed by atoms with Gasteiger partial charge in [-0.25, -0.2) is 0 Å². The van der Waals surface area contributed by atoms with Gasteiger partial charge in [0.05, 0.1) is 0 Å². The molecule has 1 aliphatic rings. The molecule has 0 bridgehead atoms. The molecule has 1 aliphatic carbocycles. The summed E-state index contributed by atoms with van der Waals surface area (Å²) in [5.74, 6) is 0. The lowest BCUT2D eigenvalue weighted by molar-refractivity contribution is 0.101. The smallest absolute Gasteiger partial charge is 0.0298 e. The summed E-state index contributed by atoms with van der Waals surface area (Å²) in [6, 6.07) is 0. The topological polar surface area (TPSA) is 0 Å². The Morgan fingerprint density at radius 3 is 2.08 bits per heavy atom.